The molecule has 1 aliphatic rings. The Balaban J connectivity index is 1.69. The second kappa shape index (κ2) is 12.2. The molecule has 7 nitrogen and oxygen atoms in total. The number of rotatable bonds is 13. The Morgan fingerprint density at radius 1 is 1.11 bits per heavy atom. The van der Waals surface area contributed by atoms with E-state index in [1.807, 2.05) is 12.2 Å². The van der Waals surface area contributed by atoms with Crippen LogP contribution in [0.25, 0.3) is 0 Å². The number of tetrazole rings is 1. The molecule has 4 N–H and O–H groups in total. The summed E-state index contributed by atoms with van der Waals surface area (Å²) in [7, 11) is 0. The second-order valence-corrected chi connectivity index (χ2v) is 7.84. The molecule has 0 radical (unpaired) electrons. The number of nitrogens with zero attached hydrogens (tertiary/aromatic N) is 3. The Labute approximate surface area is 162 Å². The predicted molar refractivity (Wildman–Crippen MR) is 104 cm³/mol. The van der Waals surface area contributed by atoms with E-state index in [9.17, 15) is 15.3 Å². The molecule has 5 unspecified atom stereocenters. The van der Waals surface area contributed by atoms with Crippen molar-refractivity contribution in [3.05, 3.63) is 18.0 Å². The van der Waals surface area contributed by atoms with Gasteiger partial charge in [-0.1, -0.05) is 62.8 Å². The van der Waals surface area contributed by atoms with Crippen molar-refractivity contribution in [2.45, 2.75) is 95.9 Å². The predicted octanol–water partition coefficient (Wildman–Crippen LogP) is 2.55. The summed E-state index contributed by atoms with van der Waals surface area (Å²) < 4.78 is 0. The third kappa shape index (κ3) is 7.68. The number of aryl methyl sites for hydroxylation is 1. The number of aliphatic hydroxyl groups excluding tert-OH is 3. The van der Waals surface area contributed by atoms with E-state index in [2.05, 4.69) is 27.5 Å². The Hall–Kier alpha value is -1.31. The third-order valence-corrected chi connectivity index (χ3v) is 5.65. The van der Waals surface area contributed by atoms with E-state index >= 15 is 0 Å². The van der Waals surface area contributed by atoms with Gasteiger partial charge in [-0.25, -0.2) is 0 Å². The summed E-state index contributed by atoms with van der Waals surface area (Å²) in [5.41, 5.74) is 0. The lowest BCUT2D eigenvalue weighted by Crippen LogP contribution is -2.21. The number of unbranched alkanes of at least 4 members (excludes halogenated alkanes) is 5. The van der Waals surface area contributed by atoms with Crippen molar-refractivity contribution in [3.8, 4) is 0 Å². The Bertz CT molecular complexity index is 523. The average Bonchev–Trinajstić information content (AvgIpc) is 3.24. The second-order valence-electron chi connectivity index (χ2n) is 7.84. The van der Waals surface area contributed by atoms with Crippen LogP contribution in [-0.2, 0) is 6.42 Å². The number of aromatic nitrogens is 4. The minimum absolute atomic E-state index is 0.0554. The van der Waals surface area contributed by atoms with Crippen LogP contribution in [0.1, 0.15) is 77.0 Å². The number of H-pyrrole nitrogens is 1. The number of aliphatic hydroxyl groups is 3. The van der Waals surface area contributed by atoms with E-state index in [4.69, 9.17) is 0 Å². The first-order valence-corrected chi connectivity index (χ1v) is 10.6. The van der Waals surface area contributed by atoms with Gasteiger partial charge in [0, 0.05) is 18.8 Å². The standard InChI is InChI=1S/C20H36N4O3/c1-2-3-6-9-15(25)12-13-17-16(18(26)14-19(17)27)10-7-4-5-8-11-20-21-23-24-22-20/h12-13,15-19,25-27H,2-11,14H2,1H3,(H,21,22,23,24). The highest BCUT2D eigenvalue weighted by atomic mass is 16.3. The van der Waals surface area contributed by atoms with Crippen molar-refractivity contribution in [3.63, 3.8) is 0 Å². The summed E-state index contributed by atoms with van der Waals surface area (Å²) in [6.45, 7) is 2.15. The van der Waals surface area contributed by atoms with Gasteiger partial charge in [0.2, 0.25) is 0 Å². The van der Waals surface area contributed by atoms with Crippen molar-refractivity contribution in [1.29, 1.82) is 0 Å². The van der Waals surface area contributed by atoms with Crippen LogP contribution < -0.4 is 0 Å². The van der Waals surface area contributed by atoms with Gasteiger partial charge < -0.3 is 15.3 Å². The number of hydrogen-bond acceptors (Lipinski definition) is 6. The molecular formula is C20H36N4O3. The first-order chi connectivity index (χ1) is 13.1. The van der Waals surface area contributed by atoms with E-state index in [1.165, 1.54) is 0 Å². The Kier molecular flexibility index (Phi) is 9.94. The fourth-order valence-electron chi connectivity index (χ4n) is 4.04. The van der Waals surface area contributed by atoms with Crippen LogP contribution in [0.2, 0.25) is 0 Å². The molecule has 1 aromatic heterocycles. The van der Waals surface area contributed by atoms with Gasteiger partial charge in [0.1, 0.15) is 0 Å². The quantitative estimate of drug-likeness (QED) is 0.309. The van der Waals surface area contributed by atoms with Gasteiger partial charge in [-0.05, 0) is 25.2 Å². The minimum atomic E-state index is -0.512. The maximum Gasteiger partial charge on any atom is 0.174 e. The molecule has 0 aromatic carbocycles. The third-order valence-electron chi connectivity index (χ3n) is 5.65. The van der Waals surface area contributed by atoms with Gasteiger partial charge in [-0.3, -0.25) is 0 Å². The molecule has 0 aliphatic heterocycles. The van der Waals surface area contributed by atoms with E-state index in [-0.39, 0.29) is 11.8 Å². The molecule has 0 bridgehead atoms. The first kappa shape index (κ1) is 22.0. The lowest BCUT2D eigenvalue weighted by atomic mass is 9.88. The Morgan fingerprint density at radius 3 is 2.67 bits per heavy atom. The smallest absolute Gasteiger partial charge is 0.174 e. The maximum atomic E-state index is 10.3. The van der Waals surface area contributed by atoms with Crippen LogP contribution in [0.5, 0.6) is 0 Å². The molecule has 0 spiro atoms. The van der Waals surface area contributed by atoms with Gasteiger partial charge in [-0.15, -0.1) is 10.2 Å². The van der Waals surface area contributed by atoms with E-state index in [1.54, 1.807) is 0 Å². The SMILES string of the molecule is CCCCCC(O)C=CC1C(O)CC(O)C1CCCCCCc1nn[nH]n1. The minimum Gasteiger partial charge on any atom is -0.393 e. The molecule has 0 amide bonds. The first-order valence-electron chi connectivity index (χ1n) is 10.6. The molecule has 1 aromatic rings. The van der Waals surface area contributed by atoms with E-state index in [0.29, 0.717) is 6.42 Å². The number of aromatic amines is 1. The van der Waals surface area contributed by atoms with Gasteiger partial charge >= 0.3 is 0 Å². The molecular weight excluding hydrogens is 344 g/mol. The zero-order valence-corrected chi connectivity index (χ0v) is 16.5. The van der Waals surface area contributed by atoms with Crippen LogP contribution >= 0.6 is 0 Å². The lowest BCUT2D eigenvalue weighted by Gasteiger charge is -2.21. The van der Waals surface area contributed by atoms with Gasteiger partial charge in [-0.2, -0.15) is 5.21 Å². The van der Waals surface area contributed by atoms with Crippen molar-refractivity contribution in [2.24, 2.45) is 11.8 Å². The monoisotopic (exact) mass is 380 g/mol. The molecule has 27 heavy (non-hydrogen) atoms. The summed E-state index contributed by atoms with van der Waals surface area (Å²) >= 11 is 0. The van der Waals surface area contributed by atoms with Crippen LogP contribution in [0, 0.1) is 11.8 Å². The number of nitrogens with one attached hydrogen (secondary N) is 1. The van der Waals surface area contributed by atoms with Crippen LogP contribution in [0.3, 0.4) is 0 Å². The molecule has 0 saturated heterocycles. The van der Waals surface area contributed by atoms with Crippen LogP contribution in [0.4, 0.5) is 0 Å². The highest BCUT2D eigenvalue weighted by Crippen LogP contribution is 2.37. The van der Waals surface area contributed by atoms with Crippen molar-refractivity contribution < 1.29 is 15.3 Å². The van der Waals surface area contributed by atoms with Gasteiger partial charge in [0.15, 0.2) is 5.82 Å². The summed E-state index contributed by atoms with van der Waals surface area (Å²) in [5.74, 6) is 0.781. The van der Waals surface area contributed by atoms with E-state index < -0.39 is 18.3 Å². The molecule has 1 aliphatic carbocycles. The summed E-state index contributed by atoms with van der Waals surface area (Å²) in [6, 6.07) is 0. The van der Waals surface area contributed by atoms with Gasteiger partial charge in [0.05, 0.1) is 18.3 Å². The van der Waals surface area contributed by atoms with Gasteiger partial charge in [0.25, 0.3) is 0 Å². The highest BCUT2D eigenvalue weighted by molar-refractivity contribution is 5.04. The number of hydrogen-bond donors (Lipinski definition) is 4. The molecule has 1 fully saturated rings. The van der Waals surface area contributed by atoms with E-state index in [0.717, 1.165) is 70.0 Å². The maximum absolute atomic E-state index is 10.3. The normalized spacial score (nSPS) is 26.8. The molecule has 5 atom stereocenters. The lowest BCUT2D eigenvalue weighted by molar-refractivity contribution is 0.115. The van der Waals surface area contributed by atoms with Crippen molar-refractivity contribution >= 4 is 0 Å². The van der Waals surface area contributed by atoms with Crippen molar-refractivity contribution in [2.75, 3.05) is 0 Å². The Morgan fingerprint density at radius 2 is 1.93 bits per heavy atom. The molecule has 1 saturated carbocycles. The highest BCUT2D eigenvalue weighted by Gasteiger charge is 2.39. The molecule has 154 valence electrons. The largest absolute Gasteiger partial charge is 0.393 e. The van der Waals surface area contributed by atoms with Crippen molar-refractivity contribution in [1.82, 2.24) is 20.6 Å². The molecule has 7 heteroatoms. The summed E-state index contributed by atoms with van der Waals surface area (Å²) in [6.07, 6.45) is 12.8. The fourth-order valence-corrected chi connectivity index (χ4v) is 4.04. The summed E-state index contributed by atoms with van der Waals surface area (Å²) in [4.78, 5) is 0. The fraction of sp³-hybridized carbons (Fsp3) is 0.850. The average molecular weight is 381 g/mol. The van der Waals surface area contributed by atoms with Crippen LogP contribution in [-0.4, -0.2) is 54.3 Å². The zero-order valence-electron chi connectivity index (χ0n) is 16.5. The molecule has 1 heterocycles. The topological polar surface area (TPSA) is 115 Å². The zero-order chi connectivity index (χ0) is 19.5. The molecule has 2 rings (SSSR count). The van der Waals surface area contributed by atoms with Crippen LogP contribution in [0.15, 0.2) is 12.2 Å². The summed E-state index contributed by atoms with van der Waals surface area (Å²) in [5, 5.41) is 44.6.